The zero-order valence-electron chi connectivity index (χ0n) is 20.4. The van der Waals surface area contributed by atoms with Gasteiger partial charge in [0.05, 0.1) is 11.8 Å². The molecule has 0 bridgehead atoms. The molecule has 1 aromatic rings. The van der Waals surface area contributed by atoms with Gasteiger partial charge in [-0.2, -0.15) is 0 Å². The van der Waals surface area contributed by atoms with Gasteiger partial charge in [0.2, 0.25) is 23.6 Å². The van der Waals surface area contributed by atoms with Crippen molar-refractivity contribution in [3.63, 3.8) is 0 Å². The van der Waals surface area contributed by atoms with E-state index in [0.717, 1.165) is 0 Å². The van der Waals surface area contributed by atoms with Crippen LogP contribution in [0, 0.1) is 17.8 Å². The molecule has 3 atom stereocenters. The van der Waals surface area contributed by atoms with Crippen LogP contribution in [0.25, 0.3) is 0 Å². The smallest absolute Gasteiger partial charge is 0.242 e. The molecule has 0 unspecified atom stereocenters. The number of likely N-dealkylation sites (tertiary alicyclic amines) is 1. The Morgan fingerprint density at radius 3 is 2.17 bits per heavy atom. The van der Waals surface area contributed by atoms with Crippen molar-refractivity contribution in [1.82, 2.24) is 15.1 Å². The van der Waals surface area contributed by atoms with Gasteiger partial charge in [0.15, 0.2) is 0 Å². The normalized spacial score (nSPS) is 20.2. The summed E-state index contributed by atoms with van der Waals surface area (Å²) in [5.41, 5.74) is 0.546. The first-order valence-electron chi connectivity index (χ1n) is 12.2. The maximum Gasteiger partial charge on any atom is 0.242 e. The van der Waals surface area contributed by atoms with Crippen molar-refractivity contribution < 1.29 is 19.2 Å². The van der Waals surface area contributed by atoms with Gasteiger partial charge < -0.3 is 10.2 Å². The molecule has 1 heterocycles. The van der Waals surface area contributed by atoms with E-state index in [1.54, 1.807) is 18.2 Å². The topological polar surface area (TPSA) is 86.8 Å². The van der Waals surface area contributed by atoms with Crippen molar-refractivity contribution in [1.29, 1.82) is 0 Å². The van der Waals surface area contributed by atoms with Gasteiger partial charge in [-0.25, -0.2) is 0 Å². The fourth-order valence-electron chi connectivity index (χ4n) is 4.64. The van der Waals surface area contributed by atoms with Crippen molar-refractivity contribution in [2.24, 2.45) is 17.8 Å². The van der Waals surface area contributed by atoms with E-state index in [9.17, 15) is 19.2 Å². The first-order valence-corrected chi connectivity index (χ1v) is 12.9. The lowest BCUT2D eigenvalue weighted by atomic mass is 9.85. The molecule has 1 N–H and O–H groups in total. The summed E-state index contributed by atoms with van der Waals surface area (Å²) in [5.74, 6) is -1.48. The van der Waals surface area contributed by atoms with Crippen molar-refractivity contribution in [3.05, 3.63) is 46.0 Å². The molecule has 1 saturated heterocycles. The van der Waals surface area contributed by atoms with E-state index in [0.29, 0.717) is 41.4 Å². The summed E-state index contributed by atoms with van der Waals surface area (Å²) in [6.45, 7) is 6.33. The highest BCUT2D eigenvalue weighted by molar-refractivity contribution is 6.36. The number of allylic oxidation sites excluding steroid dienone is 2. The third-order valence-electron chi connectivity index (χ3n) is 6.61. The fraction of sp³-hybridized carbons (Fsp3) is 0.538. The lowest BCUT2D eigenvalue weighted by molar-refractivity contribution is -0.144. The second-order valence-electron chi connectivity index (χ2n) is 9.52. The van der Waals surface area contributed by atoms with Gasteiger partial charge in [-0.3, -0.25) is 24.1 Å². The highest BCUT2D eigenvalue weighted by Crippen LogP contribution is 2.35. The third-order valence-corrected chi connectivity index (χ3v) is 7.32. The molecule has 190 valence electrons. The zero-order valence-corrected chi connectivity index (χ0v) is 21.9. The Bertz CT molecular complexity index is 964. The lowest BCUT2D eigenvalue weighted by Gasteiger charge is -2.32. The molecule has 0 aromatic heterocycles. The van der Waals surface area contributed by atoms with E-state index in [4.69, 9.17) is 23.2 Å². The van der Waals surface area contributed by atoms with Gasteiger partial charge in [-0.15, -0.1) is 0 Å². The Morgan fingerprint density at radius 1 is 1.09 bits per heavy atom. The van der Waals surface area contributed by atoms with Crippen LogP contribution in [0.1, 0.15) is 52.0 Å². The van der Waals surface area contributed by atoms with Crippen LogP contribution >= 0.6 is 23.2 Å². The molecular formula is C26H33Cl2N3O4. The Kier molecular flexibility index (Phi) is 9.36. The summed E-state index contributed by atoms with van der Waals surface area (Å²) in [6.07, 6.45) is 5.25. The van der Waals surface area contributed by atoms with E-state index in [1.807, 2.05) is 32.9 Å². The van der Waals surface area contributed by atoms with Gasteiger partial charge in [0, 0.05) is 41.7 Å². The number of hydrogen-bond donors (Lipinski definition) is 1. The van der Waals surface area contributed by atoms with Crippen LogP contribution in [0.4, 0.5) is 0 Å². The number of halogens is 2. The summed E-state index contributed by atoms with van der Waals surface area (Å²) in [7, 11) is 0. The van der Waals surface area contributed by atoms with Crippen molar-refractivity contribution in [2.45, 2.75) is 59.0 Å². The summed E-state index contributed by atoms with van der Waals surface area (Å²) in [4.78, 5) is 54.8. The predicted octanol–water partition coefficient (Wildman–Crippen LogP) is 4.21. The highest BCUT2D eigenvalue weighted by atomic mass is 35.5. The summed E-state index contributed by atoms with van der Waals surface area (Å²) < 4.78 is 0. The Hall–Kier alpha value is -2.38. The molecule has 35 heavy (non-hydrogen) atoms. The number of rotatable bonds is 10. The number of amides is 4. The van der Waals surface area contributed by atoms with Gasteiger partial charge in [0.25, 0.3) is 0 Å². The molecular weight excluding hydrogens is 489 g/mol. The first kappa shape index (κ1) is 27.2. The minimum Gasteiger partial charge on any atom is -0.354 e. The van der Waals surface area contributed by atoms with Crippen LogP contribution in [0.3, 0.4) is 0 Å². The van der Waals surface area contributed by atoms with Crippen LogP contribution < -0.4 is 5.32 Å². The van der Waals surface area contributed by atoms with E-state index in [-0.39, 0.29) is 60.9 Å². The largest absolute Gasteiger partial charge is 0.354 e. The van der Waals surface area contributed by atoms with Gasteiger partial charge in [-0.1, -0.05) is 62.2 Å². The highest BCUT2D eigenvalue weighted by Gasteiger charge is 2.47. The van der Waals surface area contributed by atoms with E-state index < -0.39 is 6.04 Å². The van der Waals surface area contributed by atoms with Gasteiger partial charge >= 0.3 is 0 Å². The minimum atomic E-state index is -0.745. The Balaban J connectivity index is 1.79. The molecule has 3 rings (SSSR count). The standard InChI is InChI=1S/C26H33Cl2N3O4/c1-4-22(24(33)29-14-16(2)3)31(15-19-20(27)10-7-11-21(19)28)23(32)12-13-30-25(34)17-8-5-6-9-18(17)26(30)35/h5-7,10-11,16-18,22H,4,8-9,12-15H2,1-3H3,(H,29,33)/t17-,18+,22-/m1/s1. The Labute approximate surface area is 216 Å². The molecule has 0 radical (unpaired) electrons. The van der Waals surface area contributed by atoms with Crippen LogP contribution in [-0.4, -0.2) is 52.6 Å². The molecule has 0 spiro atoms. The summed E-state index contributed by atoms with van der Waals surface area (Å²) in [6, 6.07) is 4.34. The predicted molar refractivity (Wildman–Crippen MR) is 136 cm³/mol. The van der Waals surface area contributed by atoms with Crippen LogP contribution in [0.2, 0.25) is 10.0 Å². The molecule has 4 amide bonds. The Morgan fingerprint density at radius 2 is 1.66 bits per heavy atom. The monoisotopic (exact) mass is 521 g/mol. The molecule has 1 aliphatic carbocycles. The molecule has 0 saturated carbocycles. The summed E-state index contributed by atoms with van der Waals surface area (Å²) in [5, 5.41) is 3.70. The molecule has 1 fully saturated rings. The second kappa shape index (κ2) is 12.0. The van der Waals surface area contributed by atoms with Crippen LogP contribution in [0.5, 0.6) is 0 Å². The van der Waals surface area contributed by atoms with Crippen molar-refractivity contribution in [3.8, 4) is 0 Å². The van der Waals surface area contributed by atoms with E-state index >= 15 is 0 Å². The SMILES string of the molecule is CC[C@H](C(=O)NCC(C)C)N(Cc1c(Cl)cccc1Cl)C(=O)CCN1C(=O)[C@H]2CC=CC[C@H]2C1=O. The number of fused-ring (bicyclic) bond motifs is 1. The average molecular weight is 522 g/mol. The quantitative estimate of drug-likeness (QED) is 0.369. The fourth-order valence-corrected chi connectivity index (χ4v) is 5.15. The average Bonchev–Trinajstić information content (AvgIpc) is 3.07. The molecule has 7 nitrogen and oxygen atoms in total. The molecule has 1 aromatic carbocycles. The minimum absolute atomic E-state index is 0.0136. The molecule has 2 aliphatic rings. The van der Waals surface area contributed by atoms with Crippen LogP contribution in [-0.2, 0) is 25.7 Å². The number of carbonyl (C=O) groups excluding carboxylic acids is 4. The third kappa shape index (κ3) is 6.25. The number of nitrogens with zero attached hydrogens (tertiary/aromatic N) is 2. The van der Waals surface area contributed by atoms with E-state index in [1.165, 1.54) is 9.80 Å². The second-order valence-corrected chi connectivity index (χ2v) is 10.3. The number of benzene rings is 1. The maximum atomic E-state index is 13.5. The first-order chi connectivity index (χ1) is 16.6. The van der Waals surface area contributed by atoms with Gasteiger partial charge in [0.1, 0.15) is 6.04 Å². The van der Waals surface area contributed by atoms with Crippen LogP contribution in [0.15, 0.2) is 30.4 Å². The lowest BCUT2D eigenvalue weighted by Crippen LogP contribution is -2.50. The van der Waals surface area contributed by atoms with E-state index in [2.05, 4.69) is 5.32 Å². The maximum absolute atomic E-state index is 13.5. The molecule has 9 heteroatoms. The van der Waals surface area contributed by atoms with Gasteiger partial charge in [-0.05, 0) is 37.3 Å². The number of hydrogen-bond acceptors (Lipinski definition) is 4. The summed E-state index contributed by atoms with van der Waals surface area (Å²) >= 11 is 12.7. The molecule has 1 aliphatic heterocycles. The zero-order chi connectivity index (χ0) is 25.7. The number of carbonyl (C=O) groups is 4. The number of nitrogens with one attached hydrogen (secondary N) is 1. The van der Waals surface area contributed by atoms with Crippen molar-refractivity contribution >= 4 is 46.8 Å². The van der Waals surface area contributed by atoms with Crippen molar-refractivity contribution in [2.75, 3.05) is 13.1 Å². The number of imide groups is 1.